The Hall–Kier alpha value is -3.15. The van der Waals surface area contributed by atoms with Crippen LogP contribution in [0.25, 0.3) is 22.8 Å². The van der Waals surface area contributed by atoms with Crippen LogP contribution in [0.3, 0.4) is 0 Å². The van der Waals surface area contributed by atoms with Crippen LogP contribution in [0.15, 0.2) is 77.3 Å². The summed E-state index contributed by atoms with van der Waals surface area (Å²) < 4.78 is 19.0. The van der Waals surface area contributed by atoms with Crippen molar-refractivity contribution in [3.05, 3.63) is 94.4 Å². The molecule has 4 nitrogen and oxygen atoms in total. The minimum Gasteiger partial charge on any atom is -0.436 e. The summed E-state index contributed by atoms with van der Waals surface area (Å²) in [6.07, 6.45) is 1.54. The van der Waals surface area contributed by atoms with Gasteiger partial charge in [-0.3, -0.25) is 4.79 Å². The average molecular weight is 427 g/mol. The predicted molar refractivity (Wildman–Crippen MR) is 112 cm³/mol. The van der Waals surface area contributed by atoms with E-state index in [1.54, 1.807) is 54.6 Å². The van der Waals surface area contributed by atoms with Crippen LogP contribution in [0, 0.1) is 5.82 Å². The lowest BCUT2D eigenvalue weighted by atomic mass is 10.1. The molecule has 1 aromatic heterocycles. The lowest BCUT2D eigenvalue weighted by Gasteiger charge is -2.09. The molecule has 7 heteroatoms. The first-order chi connectivity index (χ1) is 14.0. The minimum absolute atomic E-state index is 0.282. The zero-order chi connectivity index (χ0) is 20.4. The van der Waals surface area contributed by atoms with Crippen molar-refractivity contribution in [2.45, 2.75) is 0 Å². The first-order valence-electron chi connectivity index (χ1n) is 8.59. The summed E-state index contributed by atoms with van der Waals surface area (Å²) in [5.41, 5.74) is 2.10. The molecule has 0 atom stereocenters. The molecule has 4 rings (SSSR count). The van der Waals surface area contributed by atoms with Crippen molar-refractivity contribution in [1.29, 1.82) is 0 Å². The highest BCUT2D eigenvalue weighted by atomic mass is 35.5. The van der Waals surface area contributed by atoms with Gasteiger partial charge < -0.3 is 9.73 Å². The number of nitrogens with one attached hydrogen (secondary N) is 1. The van der Waals surface area contributed by atoms with E-state index in [0.29, 0.717) is 38.2 Å². The molecule has 29 heavy (non-hydrogen) atoms. The molecule has 0 fully saturated rings. The summed E-state index contributed by atoms with van der Waals surface area (Å²) in [6, 6.07) is 17.7. The molecule has 0 bridgehead atoms. The first-order valence-corrected chi connectivity index (χ1v) is 9.34. The molecule has 1 amide bonds. The number of carbonyl (C=O) groups is 1. The largest absolute Gasteiger partial charge is 0.436 e. The molecular formula is C22H13Cl2FN2O2. The average Bonchev–Trinajstić information content (AvgIpc) is 3.21. The van der Waals surface area contributed by atoms with E-state index in [-0.39, 0.29) is 17.6 Å². The van der Waals surface area contributed by atoms with Gasteiger partial charge in [-0.1, -0.05) is 35.3 Å². The third-order valence-corrected chi connectivity index (χ3v) is 4.95. The molecule has 4 aromatic rings. The van der Waals surface area contributed by atoms with Gasteiger partial charge >= 0.3 is 0 Å². The molecule has 0 aliphatic heterocycles. The van der Waals surface area contributed by atoms with Crippen LogP contribution >= 0.6 is 23.2 Å². The fourth-order valence-corrected chi connectivity index (χ4v) is 3.08. The highest BCUT2D eigenvalue weighted by molar-refractivity contribution is 6.42. The summed E-state index contributed by atoms with van der Waals surface area (Å²) >= 11 is 11.9. The van der Waals surface area contributed by atoms with E-state index >= 15 is 0 Å². The molecule has 0 aliphatic carbocycles. The second-order valence-electron chi connectivity index (χ2n) is 6.17. The summed E-state index contributed by atoms with van der Waals surface area (Å²) in [4.78, 5) is 17.1. The van der Waals surface area contributed by atoms with Gasteiger partial charge in [0.1, 0.15) is 5.82 Å². The topological polar surface area (TPSA) is 55.1 Å². The molecule has 1 N–H and O–H groups in total. The molecule has 0 unspecified atom stereocenters. The molecule has 1 heterocycles. The lowest BCUT2D eigenvalue weighted by Crippen LogP contribution is -2.13. The number of benzene rings is 3. The number of nitrogens with zero attached hydrogens (tertiary/aromatic N) is 1. The molecule has 0 radical (unpaired) electrons. The summed E-state index contributed by atoms with van der Waals surface area (Å²) in [6.45, 7) is 0. The predicted octanol–water partition coefficient (Wildman–Crippen LogP) is 6.71. The fourth-order valence-electron chi connectivity index (χ4n) is 2.79. The van der Waals surface area contributed by atoms with Crippen molar-refractivity contribution in [2.24, 2.45) is 0 Å². The van der Waals surface area contributed by atoms with E-state index in [1.165, 1.54) is 18.3 Å². The van der Waals surface area contributed by atoms with Gasteiger partial charge in [-0.2, -0.15) is 0 Å². The zero-order valence-electron chi connectivity index (χ0n) is 14.8. The number of oxazole rings is 1. The maximum absolute atomic E-state index is 13.1. The monoisotopic (exact) mass is 426 g/mol. The molecule has 0 aliphatic rings. The Morgan fingerprint density at radius 3 is 2.48 bits per heavy atom. The number of aromatic nitrogens is 1. The number of halogens is 3. The van der Waals surface area contributed by atoms with E-state index in [9.17, 15) is 9.18 Å². The van der Waals surface area contributed by atoms with Crippen molar-refractivity contribution >= 4 is 34.8 Å². The second kappa shape index (κ2) is 8.07. The van der Waals surface area contributed by atoms with Crippen LogP contribution in [0.4, 0.5) is 10.1 Å². The number of amides is 1. The third-order valence-electron chi connectivity index (χ3n) is 4.21. The molecule has 3 aromatic carbocycles. The molecule has 144 valence electrons. The van der Waals surface area contributed by atoms with Gasteiger partial charge in [0.25, 0.3) is 5.91 Å². The highest BCUT2D eigenvalue weighted by Gasteiger charge is 2.17. The van der Waals surface area contributed by atoms with Crippen LogP contribution < -0.4 is 5.32 Å². The number of carbonyl (C=O) groups excluding carboxylic acids is 1. The maximum atomic E-state index is 13.1. The van der Waals surface area contributed by atoms with E-state index in [0.717, 1.165) is 0 Å². The number of hydrogen-bond acceptors (Lipinski definition) is 3. The Balaban J connectivity index is 1.64. The Morgan fingerprint density at radius 1 is 0.966 bits per heavy atom. The van der Waals surface area contributed by atoms with E-state index in [1.807, 2.05) is 0 Å². The molecule has 0 spiro atoms. The van der Waals surface area contributed by atoms with E-state index in [4.69, 9.17) is 27.6 Å². The molecular weight excluding hydrogens is 414 g/mol. The minimum atomic E-state index is -0.347. The quantitative estimate of drug-likeness (QED) is 0.394. The number of rotatable bonds is 4. The standard InChI is InChI=1S/C22H13Cl2FN2O2/c23-18-10-9-15(11-19(18)24)27-21(28)16-3-1-2-4-17(16)22-26-12-20(29-22)13-5-7-14(25)8-6-13/h1-12H,(H,27,28). The van der Waals surface area contributed by atoms with Crippen LogP contribution in [-0.4, -0.2) is 10.9 Å². The van der Waals surface area contributed by atoms with Crippen molar-refractivity contribution < 1.29 is 13.6 Å². The summed E-state index contributed by atoms with van der Waals surface area (Å²) in [5, 5.41) is 3.53. The summed E-state index contributed by atoms with van der Waals surface area (Å²) in [5.74, 6) is 0.0715. The molecule has 0 saturated heterocycles. The van der Waals surface area contributed by atoms with Gasteiger partial charge in [0.15, 0.2) is 5.76 Å². The van der Waals surface area contributed by atoms with E-state index in [2.05, 4.69) is 10.3 Å². The smallest absolute Gasteiger partial charge is 0.256 e. The Kier molecular flexibility index (Phi) is 5.34. The van der Waals surface area contributed by atoms with Gasteiger partial charge in [0.2, 0.25) is 5.89 Å². The normalized spacial score (nSPS) is 10.7. The van der Waals surface area contributed by atoms with Gasteiger partial charge in [0, 0.05) is 16.8 Å². The van der Waals surface area contributed by atoms with Gasteiger partial charge in [-0.25, -0.2) is 9.37 Å². The number of hydrogen-bond donors (Lipinski definition) is 1. The Bertz CT molecular complexity index is 1190. The molecule has 0 saturated carbocycles. The van der Waals surface area contributed by atoms with Crippen molar-refractivity contribution in [1.82, 2.24) is 4.98 Å². The SMILES string of the molecule is O=C(Nc1ccc(Cl)c(Cl)c1)c1ccccc1-c1ncc(-c2ccc(F)cc2)o1. The second-order valence-corrected chi connectivity index (χ2v) is 6.98. The van der Waals surface area contributed by atoms with Crippen molar-refractivity contribution in [2.75, 3.05) is 5.32 Å². The highest BCUT2D eigenvalue weighted by Crippen LogP contribution is 2.30. The van der Waals surface area contributed by atoms with E-state index < -0.39 is 0 Å². The van der Waals surface area contributed by atoms with Crippen LogP contribution in [0.1, 0.15) is 10.4 Å². The van der Waals surface area contributed by atoms with Crippen LogP contribution in [0.2, 0.25) is 10.0 Å². The van der Waals surface area contributed by atoms with Crippen molar-refractivity contribution in [3.8, 4) is 22.8 Å². The third kappa shape index (κ3) is 4.16. The fraction of sp³-hybridized carbons (Fsp3) is 0. The van der Waals surface area contributed by atoms with Crippen molar-refractivity contribution in [3.63, 3.8) is 0 Å². The van der Waals surface area contributed by atoms with Crippen LogP contribution in [-0.2, 0) is 0 Å². The Morgan fingerprint density at radius 2 is 1.72 bits per heavy atom. The van der Waals surface area contributed by atoms with Gasteiger partial charge in [0.05, 0.1) is 21.8 Å². The zero-order valence-corrected chi connectivity index (χ0v) is 16.3. The maximum Gasteiger partial charge on any atom is 0.256 e. The Labute approximate surface area is 175 Å². The van der Waals surface area contributed by atoms with Gasteiger partial charge in [-0.15, -0.1) is 0 Å². The first kappa shape index (κ1) is 19.2. The van der Waals surface area contributed by atoms with Gasteiger partial charge in [-0.05, 0) is 54.6 Å². The van der Waals surface area contributed by atoms with Crippen LogP contribution in [0.5, 0.6) is 0 Å². The summed E-state index contributed by atoms with van der Waals surface area (Å²) in [7, 11) is 0. The number of anilines is 1. The lowest BCUT2D eigenvalue weighted by molar-refractivity contribution is 0.102.